The van der Waals surface area contributed by atoms with Gasteiger partial charge < -0.3 is 4.90 Å². The second-order valence-corrected chi connectivity index (χ2v) is 6.47. The van der Waals surface area contributed by atoms with Crippen molar-refractivity contribution in [2.75, 3.05) is 18.0 Å². The van der Waals surface area contributed by atoms with Gasteiger partial charge in [-0.05, 0) is 38.8 Å². The van der Waals surface area contributed by atoms with Crippen LogP contribution >= 0.6 is 0 Å². The number of anilines is 1. The zero-order valence-electron chi connectivity index (χ0n) is 14.4. The minimum absolute atomic E-state index is 0.0353. The van der Waals surface area contributed by atoms with Crippen molar-refractivity contribution in [3.63, 3.8) is 0 Å². The van der Waals surface area contributed by atoms with E-state index in [1.807, 2.05) is 38.1 Å². The third-order valence-electron chi connectivity index (χ3n) is 4.91. The molecule has 3 aromatic rings. The molecule has 0 saturated carbocycles. The Morgan fingerprint density at radius 2 is 1.80 bits per heavy atom. The Labute approximate surface area is 145 Å². The summed E-state index contributed by atoms with van der Waals surface area (Å²) in [5, 5.41) is 9.04. The summed E-state index contributed by atoms with van der Waals surface area (Å²) in [6.45, 7) is 5.45. The van der Waals surface area contributed by atoms with E-state index < -0.39 is 0 Å². The molecule has 1 aliphatic rings. The Morgan fingerprint density at radius 3 is 2.56 bits per heavy atom. The van der Waals surface area contributed by atoms with Gasteiger partial charge in [0.25, 0.3) is 5.56 Å². The van der Waals surface area contributed by atoms with Crippen LogP contribution in [0.25, 0.3) is 10.9 Å². The van der Waals surface area contributed by atoms with Gasteiger partial charge >= 0.3 is 0 Å². The van der Waals surface area contributed by atoms with Gasteiger partial charge in [-0.15, -0.1) is 5.10 Å². The first-order valence-corrected chi connectivity index (χ1v) is 8.52. The van der Waals surface area contributed by atoms with E-state index in [4.69, 9.17) is 0 Å². The van der Waals surface area contributed by atoms with E-state index in [1.54, 1.807) is 10.9 Å². The van der Waals surface area contributed by atoms with Gasteiger partial charge in [0, 0.05) is 19.1 Å². The maximum atomic E-state index is 12.7. The quantitative estimate of drug-likeness (QED) is 0.713. The smallest absolute Gasteiger partial charge is 0.261 e. The molecule has 0 spiro atoms. The Morgan fingerprint density at radius 1 is 1.04 bits per heavy atom. The predicted octanol–water partition coefficient (Wildman–Crippen LogP) is 2.04. The number of para-hydroxylation sites is 1. The number of hydrogen-bond acceptors (Lipinski definition) is 6. The van der Waals surface area contributed by atoms with Gasteiger partial charge in [-0.3, -0.25) is 9.36 Å². The number of benzene rings is 1. The van der Waals surface area contributed by atoms with Crippen LogP contribution in [-0.4, -0.2) is 37.8 Å². The zero-order chi connectivity index (χ0) is 17.4. The topological polar surface area (TPSA) is 76.8 Å². The number of hydrogen-bond donors (Lipinski definition) is 0. The molecule has 0 N–H and O–H groups in total. The van der Waals surface area contributed by atoms with Gasteiger partial charge in [-0.25, -0.2) is 9.97 Å². The van der Waals surface area contributed by atoms with Crippen molar-refractivity contribution in [3.05, 3.63) is 52.3 Å². The highest BCUT2D eigenvalue weighted by atomic mass is 16.1. The lowest BCUT2D eigenvalue weighted by atomic mass is 10.0. The lowest BCUT2D eigenvalue weighted by Crippen LogP contribution is -2.38. The van der Waals surface area contributed by atoms with Crippen LogP contribution in [0.4, 0.5) is 5.95 Å². The molecular weight excluding hydrogens is 316 g/mol. The molecule has 0 aliphatic carbocycles. The Hall–Kier alpha value is -2.83. The molecular formula is C18H20N6O. The molecule has 0 amide bonds. The van der Waals surface area contributed by atoms with Gasteiger partial charge in [0.15, 0.2) is 0 Å². The minimum atomic E-state index is 0.0353. The van der Waals surface area contributed by atoms with Crippen molar-refractivity contribution in [1.29, 1.82) is 0 Å². The fraction of sp³-hybridized carbons (Fsp3) is 0.389. The summed E-state index contributed by atoms with van der Waals surface area (Å²) in [6, 6.07) is 7.64. The average molecular weight is 336 g/mol. The molecule has 4 rings (SSSR count). The second-order valence-electron chi connectivity index (χ2n) is 6.47. The fourth-order valence-corrected chi connectivity index (χ4v) is 3.27. The van der Waals surface area contributed by atoms with Crippen LogP contribution < -0.4 is 10.5 Å². The lowest BCUT2D eigenvalue weighted by molar-refractivity contribution is 0.382. The number of piperidine rings is 1. The summed E-state index contributed by atoms with van der Waals surface area (Å²) < 4.78 is 1.78. The van der Waals surface area contributed by atoms with Gasteiger partial charge in [0.05, 0.1) is 28.6 Å². The van der Waals surface area contributed by atoms with E-state index in [2.05, 4.69) is 25.1 Å². The first kappa shape index (κ1) is 15.7. The van der Waals surface area contributed by atoms with Gasteiger partial charge in [0.2, 0.25) is 5.95 Å². The molecule has 128 valence electrons. The molecule has 0 bridgehead atoms. The molecule has 1 saturated heterocycles. The number of nitrogens with zero attached hydrogens (tertiary/aromatic N) is 6. The first-order valence-electron chi connectivity index (χ1n) is 8.52. The van der Waals surface area contributed by atoms with E-state index in [9.17, 15) is 4.79 Å². The predicted molar refractivity (Wildman–Crippen MR) is 95.8 cm³/mol. The van der Waals surface area contributed by atoms with Crippen molar-refractivity contribution in [3.8, 4) is 0 Å². The van der Waals surface area contributed by atoms with Crippen LogP contribution in [0.2, 0.25) is 0 Å². The van der Waals surface area contributed by atoms with Gasteiger partial charge in [-0.2, -0.15) is 5.10 Å². The number of rotatable bonds is 2. The van der Waals surface area contributed by atoms with Crippen molar-refractivity contribution in [2.45, 2.75) is 32.7 Å². The summed E-state index contributed by atoms with van der Waals surface area (Å²) in [5.41, 5.74) is 2.54. The number of aromatic nitrogens is 5. The summed E-state index contributed by atoms with van der Waals surface area (Å²) in [6.07, 6.45) is 3.39. The molecule has 0 radical (unpaired) electrons. The normalized spacial score (nSPS) is 15.7. The summed E-state index contributed by atoms with van der Waals surface area (Å²) in [7, 11) is 0. The molecule has 7 nitrogen and oxygen atoms in total. The van der Waals surface area contributed by atoms with Crippen LogP contribution in [0.15, 0.2) is 35.4 Å². The molecule has 1 aliphatic heterocycles. The third-order valence-corrected chi connectivity index (χ3v) is 4.91. The molecule has 1 aromatic carbocycles. The molecule has 3 heterocycles. The fourth-order valence-electron chi connectivity index (χ4n) is 3.27. The van der Waals surface area contributed by atoms with Crippen molar-refractivity contribution >= 4 is 16.9 Å². The van der Waals surface area contributed by atoms with Gasteiger partial charge in [0.1, 0.15) is 0 Å². The van der Waals surface area contributed by atoms with Crippen LogP contribution in [0, 0.1) is 13.8 Å². The van der Waals surface area contributed by atoms with Crippen LogP contribution in [0.5, 0.6) is 0 Å². The van der Waals surface area contributed by atoms with E-state index in [-0.39, 0.29) is 11.6 Å². The second kappa shape index (κ2) is 6.23. The SMILES string of the molecule is Cc1nnc(N2CCC(n3cnc4ccccc4c3=O)CC2)nc1C. The van der Waals surface area contributed by atoms with E-state index in [0.29, 0.717) is 11.3 Å². The lowest BCUT2D eigenvalue weighted by Gasteiger charge is -2.32. The van der Waals surface area contributed by atoms with Crippen LogP contribution in [-0.2, 0) is 0 Å². The largest absolute Gasteiger partial charge is 0.339 e. The molecule has 0 atom stereocenters. The zero-order valence-corrected chi connectivity index (χ0v) is 14.4. The Bertz CT molecular complexity index is 975. The maximum absolute atomic E-state index is 12.7. The highest BCUT2D eigenvalue weighted by Crippen LogP contribution is 2.24. The monoisotopic (exact) mass is 336 g/mol. The minimum Gasteiger partial charge on any atom is -0.339 e. The first-order chi connectivity index (χ1) is 12.1. The van der Waals surface area contributed by atoms with Gasteiger partial charge in [-0.1, -0.05) is 12.1 Å². The summed E-state index contributed by atoms with van der Waals surface area (Å²) in [4.78, 5) is 23.8. The number of fused-ring (bicyclic) bond motifs is 1. The third kappa shape index (κ3) is 2.86. The van der Waals surface area contributed by atoms with E-state index >= 15 is 0 Å². The molecule has 1 fully saturated rings. The highest BCUT2D eigenvalue weighted by molar-refractivity contribution is 5.76. The maximum Gasteiger partial charge on any atom is 0.261 e. The summed E-state index contributed by atoms with van der Waals surface area (Å²) >= 11 is 0. The molecule has 2 aromatic heterocycles. The van der Waals surface area contributed by atoms with E-state index in [1.165, 1.54) is 0 Å². The van der Waals surface area contributed by atoms with Crippen LogP contribution in [0.3, 0.4) is 0 Å². The molecule has 0 unspecified atom stereocenters. The molecule has 25 heavy (non-hydrogen) atoms. The Kier molecular flexibility index (Phi) is 3.91. The highest BCUT2D eigenvalue weighted by Gasteiger charge is 2.24. The Balaban J connectivity index is 1.55. The number of aryl methyl sites for hydroxylation is 2. The standard InChI is InChI=1S/C18H20N6O/c1-12-13(2)21-22-18(20-12)23-9-7-14(8-10-23)24-11-19-16-6-4-3-5-15(16)17(24)25/h3-6,11,14H,7-10H2,1-2H3. The molecule has 7 heteroatoms. The van der Waals surface area contributed by atoms with Crippen LogP contribution in [0.1, 0.15) is 30.3 Å². The van der Waals surface area contributed by atoms with E-state index in [0.717, 1.165) is 42.8 Å². The summed E-state index contributed by atoms with van der Waals surface area (Å²) in [5.74, 6) is 0.672. The van der Waals surface area contributed by atoms with Crippen molar-refractivity contribution in [2.24, 2.45) is 0 Å². The van der Waals surface area contributed by atoms with Crippen molar-refractivity contribution in [1.82, 2.24) is 24.7 Å². The average Bonchev–Trinajstić information content (AvgIpc) is 2.65. The van der Waals surface area contributed by atoms with Crippen molar-refractivity contribution < 1.29 is 0 Å².